The molecule has 10 heteroatoms. The van der Waals surface area contributed by atoms with Crippen LogP contribution in [-0.4, -0.2) is 89.0 Å². The Bertz CT molecular complexity index is 857. The Morgan fingerprint density at radius 1 is 1.00 bits per heavy atom. The predicted octanol–water partition coefficient (Wildman–Crippen LogP) is 2.69. The average molecular weight is 524 g/mol. The van der Waals surface area contributed by atoms with Crippen LogP contribution in [-0.2, 0) is 32.1 Å². The van der Waals surface area contributed by atoms with Gasteiger partial charge in [-0.1, -0.05) is 6.07 Å². The molecule has 0 bridgehead atoms. The molecule has 3 aliphatic heterocycles. The van der Waals surface area contributed by atoms with Gasteiger partial charge in [0.05, 0.1) is 5.92 Å². The van der Waals surface area contributed by atoms with Gasteiger partial charge in [0.15, 0.2) is 0 Å². The summed E-state index contributed by atoms with van der Waals surface area (Å²) in [6, 6.07) is 7.36. The van der Waals surface area contributed by atoms with Gasteiger partial charge in [-0.3, -0.25) is 19.3 Å². The highest BCUT2D eigenvalue weighted by atomic mass is 32.2. The molecule has 3 heterocycles. The van der Waals surface area contributed by atoms with E-state index in [1.54, 1.807) is 11.8 Å². The smallest absolute Gasteiger partial charge is 0.300 e. The third kappa shape index (κ3) is 10.1. The van der Waals surface area contributed by atoms with Crippen molar-refractivity contribution < 1.29 is 29.3 Å². The first-order valence-electron chi connectivity index (χ1n) is 12.5. The average Bonchev–Trinajstić information content (AvgIpc) is 3.04. The minimum atomic E-state index is -0.833. The van der Waals surface area contributed by atoms with E-state index in [1.165, 1.54) is 16.0 Å². The summed E-state index contributed by atoms with van der Waals surface area (Å²) in [5.41, 5.74) is 9.08. The minimum absolute atomic E-state index is 0.0726. The Labute approximate surface area is 218 Å². The lowest BCUT2D eigenvalue weighted by Crippen LogP contribution is -2.48. The molecule has 0 aromatic heterocycles. The molecule has 1 aromatic rings. The summed E-state index contributed by atoms with van der Waals surface area (Å²) in [5, 5.41) is 14.8. The number of hydrogen-bond acceptors (Lipinski definition) is 7. The van der Waals surface area contributed by atoms with Crippen molar-refractivity contribution in [3.8, 4) is 0 Å². The van der Waals surface area contributed by atoms with Gasteiger partial charge in [-0.05, 0) is 61.6 Å². The Morgan fingerprint density at radius 3 is 2.25 bits per heavy atom. The van der Waals surface area contributed by atoms with E-state index in [1.807, 2.05) is 0 Å². The van der Waals surface area contributed by atoms with Crippen LogP contribution >= 0.6 is 11.8 Å². The van der Waals surface area contributed by atoms with Crippen LogP contribution in [0.3, 0.4) is 0 Å². The van der Waals surface area contributed by atoms with Crippen LogP contribution in [0.1, 0.15) is 50.7 Å². The number of ether oxygens (including phenoxy) is 1. The fraction of sp³-hybridized carbons (Fsp3) is 0.654. The zero-order chi connectivity index (χ0) is 26.7. The summed E-state index contributed by atoms with van der Waals surface area (Å²) in [5.74, 6) is -1.27. The monoisotopic (exact) mass is 523 g/mol. The van der Waals surface area contributed by atoms with E-state index in [-0.39, 0.29) is 12.0 Å². The number of thioether (sulfide) groups is 1. The molecule has 1 aromatic carbocycles. The molecule has 9 nitrogen and oxygen atoms in total. The van der Waals surface area contributed by atoms with Gasteiger partial charge >= 0.3 is 0 Å². The molecule has 2 saturated heterocycles. The molecule has 4 N–H and O–H groups in total. The minimum Gasteiger partial charge on any atom is -0.481 e. The van der Waals surface area contributed by atoms with Crippen LogP contribution < -0.4 is 5.73 Å². The van der Waals surface area contributed by atoms with Crippen molar-refractivity contribution >= 4 is 29.6 Å². The van der Waals surface area contributed by atoms with Gasteiger partial charge in [0.25, 0.3) is 11.9 Å². The summed E-state index contributed by atoms with van der Waals surface area (Å²) in [6.45, 7) is 7.18. The first-order valence-corrected chi connectivity index (χ1v) is 13.7. The molecule has 0 unspecified atom stereocenters. The lowest BCUT2D eigenvalue weighted by molar-refractivity contribution is -0.137. The second kappa shape index (κ2) is 15.2. The van der Waals surface area contributed by atoms with E-state index in [0.29, 0.717) is 11.9 Å². The normalized spacial score (nSPS) is 22.6. The summed E-state index contributed by atoms with van der Waals surface area (Å²) < 4.78 is 5.53. The van der Waals surface area contributed by atoms with Gasteiger partial charge in [0, 0.05) is 70.2 Å². The number of carboxylic acid groups (broad SMARTS) is 2. The topological polar surface area (TPSA) is 133 Å². The third-order valence-electron chi connectivity index (χ3n) is 6.60. The third-order valence-corrected chi connectivity index (χ3v) is 7.33. The first-order chi connectivity index (χ1) is 17.1. The van der Waals surface area contributed by atoms with Gasteiger partial charge in [-0.25, -0.2) is 0 Å². The van der Waals surface area contributed by atoms with Crippen LogP contribution in [0.15, 0.2) is 23.1 Å². The van der Waals surface area contributed by atoms with Crippen LogP contribution in [0.4, 0.5) is 0 Å². The van der Waals surface area contributed by atoms with Crippen molar-refractivity contribution in [2.75, 3.05) is 39.1 Å². The Hall–Kier alpha value is -2.14. The molecule has 2 atom stereocenters. The Balaban J connectivity index is 0.000000501. The summed E-state index contributed by atoms with van der Waals surface area (Å²) in [4.78, 5) is 37.3. The number of amides is 1. The first kappa shape index (κ1) is 30.1. The maximum atomic E-state index is 13.4. The number of rotatable bonds is 3. The number of carboxylic acids is 2. The van der Waals surface area contributed by atoms with Crippen molar-refractivity contribution in [1.82, 2.24) is 9.80 Å². The number of nitrogens with zero attached hydrogens (tertiary/aromatic N) is 2. The van der Waals surface area contributed by atoms with Gasteiger partial charge < -0.3 is 25.6 Å². The zero-order valence-electron chi connectivity index (χ0n) is 21.6. The standard InChI is InChI=1S/C22H33N3O2S.2C2H4O2/c1-28-21-5-3-17-13-24(9-6-16(17)12-21)22(26)18-2-4-19(23)15-25(14-18)20-7-10-27-11-8-20;2*1-2(3)4/h3,5,12,18-20H,2,4,6-11,13-15,23H2,1H3;2*1H3,(H,3,4)/t18-,19+;;/m1../s1. The van der Waals surface area contributed by atoms with Crippen LogP contribution in [0.2, 0.25) is 0 Å². The fourth-order valence-electron chi connectivity index (χ4n) is 4.91. The zero-order valence-corrected chi connectivity index (χ0v) is 22.5. The predicted molar refractivity (Wildman–Crippen MR) is 140 cm³/mol. The highest BCUT2D eigenvalue weighted by molar-refractivity contribution is 7.98. The molecule has 0 spiro atoms. The van der Waals surface area contributed by atoms with Crippen LogP contribution in [0.25, 0.3) is 0 Å². The summed E-state index contributed by atoms with van der Waals surface area (Å²) in [7, 11) is 0. The number of likely N-dealkylation sites (tertiary alicyclic amines) is 1. The van der Waals surface area contributed by atoms with Crippen molar-refractivity contribution in [3.05, 3.63) is 29.3 Å². The largest absolute Gasteiger partial charge is 0.481 e. The lowest BCUT2D eigenvalue weighted by atomic mass is 9.96. The summed E-state index contributed by atoms with van der Waals surface area (Å²) >= 11 is 1.78. The molecule has 1 amide bonds. The van der Waals surface area contributed by atoms with Crippen LogP contribution in [0.5, 0.6) is 0 Å². The van der Waals surface area contributed by atoms with Gasteiger partial charge in [0.2, 0.25) is 5.91 Å². The number of nitrogens with two attached hydrogens (primary N) is 1. The quantitative estimate of drug-likeness (QED) is 0.511. The molecular formula is C26H41N3O6S. The molecule has 0 aliphatic carbocycles. The van der Waals surface area contributed by atoms with Gasteiger partial charge in [-0.15, -0.1) is 11.8 Å². The Morgan fingerprint density at radius 2 is 1.64 bits per heavy atom. The number of aliphatic carboxylic acids is 2. The van der Waals surface area contributed by atoms with Crippen molar-refractivity contribution in [1.29, 1.82) is 0 Å². The van der Waals surface area contributed by atoms with E-state index in [4.69, 9.17) is 30.3 Å². The number of fused-ring (bicyclic) bond motifs is 1. The van der Waals surface area contributed by atoms with E-state index >= 15 is 0 Å². The lowest BCUT2D eigenvalue weighted by Gasteiger charge is -2.37. The number of carbonyl (C=O) groups excluding carboxylic acids is 1. The molecule has 36 heavy (non-hydrogen) atoms. The second-order valence-electron chi connectivity index (χ2n) is 9.51. The molecule has 202 valence electrons. The van der Waals surface area contributed by atoms with Gasteiger partial charge in [-0.2, -0.15) is 0 Å². The molecule has 2 fully saturated rings. The van der Waals surface area contributed by atoms with Crippen LogP contribution in [0, 0.1) is 5.92 Å². The highest BCUT2D eigenvalue weighted by Gasteiger charge is 2.34. The number of benzene rings is 1. The van der Waals surface area contributed by atoms with E-state index < -0.39 is 11.9 Å². The fourth-order valence-corrected chi connectivity index (χ4v) is 5.37. The van der Waals surface area contributed by atoms with E-state index in [0.717, 1.165) is 85.3 Å². The highest BCUT2D eigenvalue weighted by Crippen LogP contribution is 2.28. The molecule has 3 aliphatic rings. The number of hydrogen-bond donors (Lipinski definition) is 3. The second-order valence-corrected chi connectivity index (χ2v) is 10.4. The van der Waals surface area contributed by atoms with E-state index in [2.05, 4.69) is 34.3 Å². The molecular weight excluding hydrogens is 482 g/mol. The molecule has 0 radical (unpaired) electrons. The van der Waals surface area contributed by atoms with E-state index in [9.17, 15) is 4.79 Å². The van der Waals surface area contributed by atoms with Gasteiger partial charge in [0.1, 0.15) is 0 Å². The summed E-state index contributed by atoms with van der Waals surface area (Å²) in [6.07, 6.45) is 7.05. The molecule has 4 rings (SSSR count). The SMILES string of the molecule is CC(=O)O.CC(=O)O.CSc1ccc2c(c1)CCN(C(=O)[C@@H]1CC[C@H](N)CN(C3CCOCC3)C1)C2. The van der Waals surface area contributed by atoms with Crippen molar-refractivity contribution in [2.24, 2.45) is 11.7 Å². The molecule has 0 saturated carbocycles. The van der Waals surface area contributed by atoms with Crippen molar-refractivity contribution in [2.45, 2.75) is 69.5 Å². The number of carbonyl (C=O) groups is 3. The van der Waals surface area contributed by atoms with Crippen molar-refractivity contribution in [3.63, 3.8) is 0 Å². The Kier molecular flexibility index (Phi) is 12.7. The maximum absolute atomic E-state index is 13.4. The maximum Gasteiger partial charge on any atom is 0.300 e.